The molecule has 10 nitrogen and oxygen atoms in total. The first-order chi connectivity index (χ1) is 19.9. The Bertz CT molecular complexity index is 1390. The van der Waals surface area contributed by atoms with Crippen molar-refractivity contribution in [2.75, 3.05) is 67.0 Å². The molecule has 2 aromatic carbocycles. The standard InChI is InChI=1S/C30H36FN7O3/c1-5-30(39)35-23-16-24(27(40-4)17-26(23)37-10-8-36(6-2)9-11-37)34-28-18-29(33-19-32-28)38-25(7-12-41-38)21-13-20(3)14-22(31)15-21/h5,13-19,25H,1,6-12H2,2-4H3,(H,35,39)(H,32,33,34)/t25-/m1/s1. The lowest BCUT2D eigenvalue weighted by Crippen LogP contribution is -2.46. The first-order valence-electron chi connectivity index (χ1n) is 13.8. The molecule has 2 saturated heterocycles. The van der Waals surface area contributed by atoms with Gasteiger partial charge in [0.15, 0.2) is 5.82 Å². The zero-order valence-corrected chi connectivity index (χ0v) is 23.7. The molecular formula is C30H36FN7O3. The van der Waals surface area contributed by atoms with Crippen molar-refractivity contribution in [3.05, 3.63) is 72.3 Å². The van der Waals surface area contributed by atoms with Crippen LogP contribution in [-0.4, -0.2) is 67.2 Å². The van der Waals surface area contributed by atoms with Crippen LogP contribution in [0, 0.1) is 12.7 Å². The number of hydrogen-bond acceptors (Lipinski definition) is 9. The molecule has 2 aliphatic rings. The molecule has 216 valence electrons. The number of aryl methyl sites for hydroxylation is 1. The van der Waals surface area contributed by atoms with Crippen molar-refractivity contribution in [1.29, 1.82) is 0 Å². The van der Waals surface area contributed by atoms with Crippen LogP contribution < -0.4 is 25.3 Å². The van der Waals surface area contributed by atoms with E-state index >= 15 is 0 Å². The van der Waals surface area contributed by atoms with Crippen LogP contribution in [0.25, 0.3) is 0 Å². The number of methoxy groups -OCH3 is 1. The van der Waals surface area contributed by atoms with E-state index in [1.165, 1.54) is 24.5 Å². The number of likely N-dealkylation sites (N-methyl/N-ethyl adjacent to an activating group) is 1. The highest BCUT2D eigenvalue weighted by atomic mass is 19.1. The molecule has 2 aliphatic heterocycles. The molecule has 0 bridgehead atoms. The molecule has 3 aromatic rings. The van der Waals surface area contributed by atoms with Crippen molar-refractivity contribution in [2.45, 2.75) is 26.3 Å². The van der Waals surface area contributed by atoms with Crippen LogP contribution in [0.5, 0.6) is 5.75 Å². The molecule has 11 heteroatoms. The molecule has 2 fully saturated rings. The maximum Gasteiger partial charge on any atom is 0.247 e. The minimum atomic E-state index is -0.302. The zero-order valence-electron chi connectivity index (χ0n) is 23.7. The Morgan fingerprint density at radius 1 is 1.15 bits per heavy atom. The van der Waals surface area contributed by atoms with E-state index in [4.69, 9.17) is 9.57 Å². The zero-order chi connectivity index (χ0) is 28.9. The predicted molar refractivity (Wildman–Crippen MR) is 158 cm³/mol. The summed E-state index contributed by atoms with van der Waals surface area (Å²) in [6, 6.07) is 10.4. The van der Waals surface area contributed by atoms with Gasteiger partial charge in [-0.1, -0.05) is 19.6 Å². The molecule has 5 rings (SSSR count). The number of carbonyl (C=O) groups excluding carboxylic acids is 1. The quantitative estimate of drug-likeness (QED) is 0.357. The lowest BCUT2D eigenvalue weighted by Gasteiger charge is -2.36. The van der Waals surface area contributed by atoms with E-state index in [1.807, 2.05) is 25.1 Å². The first kappa shape index (κ1) is 28.3. The summed E-state index contributed by atoms with van der Waals surface area (Å²) in [5.74, 6) is 1.06. The minimum Gasteiger partial charge on any atom is -0.494 e. The van der Waals surface area contributed by atoms with E-state index in [9.17, 15) is 9.18 Å². The van der Waals surface area contributed by atoms with Gasteiger partial charge in [0, 0.05) is 44.7 Å². The number of halogens is 1. The summed E-state index contributed by atoms with van der Waals surface area (Å²) >= 11 is 0. The summed E-state index contributed by atoms with van der Waals surface area (Å²) in [6.45, 7) is 12.7. The Morgan fingerprint density at radius 3 is 2.66 bits per heavy atom. The Kier molecular flexibility index (Phi) is 8.65. The van der Waals surface area contributed by atoms with E-state index < -0.39 is 0 Å². The van der Waals surface area contributed by atoms with Gasteiger partial charge in [-0.05, 0) is 48.9 Å². The molecule has 1 atom stereocenters. The van der Waals surface area contributed by atoms with Crippen LogP contribution in [0.1, 0.15) is 30.5 Å². The number of hydrogen-bond donors (Lipinski definition) is 2. The maximum absolute atomic E-state index is 14.2. The van der Waals surface area contributed by atoms with Gasteiger partial charge in [0.05, 0.1) is 36.8 Å². The molecular weight excluding hydrogens is 525 g/mol. The second-order valence-electron chi connectivity index (χ2n) is 10.1. The van der Waals surface area contributed by atoms with E-state index in [-0.39, 0.29) is 17.8 Å². The van der Waals surface area contributed by atoms with E-state index in [2.05, 4.69) is 43.9 Å². The second kappa shape index (κ2) is 12.5. The van der Waals surface area contributed by atoms with Crippen LogP contribution >= 0.6 is 0 Å². The molecule has 1 amide bonds. The van der Waals surface area contributed by atoms with Gasteiger partial charge >= 0.3 is 0 Å². The van der Waals surface area contributed by atoms with Gasteiger partial charge < -0.3 is 25.2 Å². The summed E-state index contributed by atoms with van der Waals surface area (Å²) < 4.78 is 19.9. The van der Waals surface area contributed by atoms with Gasteiger partial charge in [0.1, 0.15) is 23.7 Å². The monoisotopic (exact) mass is 561 g/mol. The third kappa shape index (κ3) is 6.41. The molecule has 41 heavy (non-hydrogen) atoms. The fourth-order valence-corrected chi connectivity index (χ4v) is 5.31. The van der Waals surface area contributed by atoms with Gasteiger partial charge in [0.25, 0.3) is 0 Å². The number of carbonyl (C=O) groups is 1. The van der Waals surface area contributed by atoms with Gasteiger partial charge in [-0.25, -0.2) is 19.4 Å². The van der Waals surface area contributed by atoms with Crippen molar-refractivity contribution >= 4 is 34.6 Å². The molecule has 3 heterocycles. The normalized spacial score (nSPS) is 17.4. The Hall–Kier alpha value is -4.22. The summed E-state index contributed by atoms with van der Waals surface area (Å²) in [7, 11) is 1.61. The number of hydroxylamine groups is 1. The molecule has 0 aliphatic carbocycles. The largest absolute Gasteiger partial charge is 0.494 e. The highest BCUT2D eigenvalue weighted by Gasteiger charge is 2.30. The molecule has 0 radical (unpaired) electrons. The van der Waals surface area contributed by atoms with Crippen molar-refractivity contribution in [3.8, 4) is 5.75 Å². The third-order valence-electron chi connectivity index (χ3n) is 7.42. The van der Waals surface area contributed by atoms with Crippen LogP contribution in [-0.2, 0) is 9.63 Å². The van der Waals surface area contributed by atoms with E-state index in [0.717, 1.165) is 49.5 Å². The number of nitrogens with one attached hydrogen (secondary N) is 2. The van der Waals surface area contributed by atoms with Crippen molar-refractivity contribution in [2.24, 2.45) is 0 Å². The molecule has 0 spiro atoms. The fraction of sp³-hybridized carbons (Fsp3) is 0.367. The van der Waals surface area contributed by atoms with E-state index in [1.54, 1.807) is 18.2 Å². The van der Waals surface area contributed by atoms with E-state index in [0.29, 0.717) is 41.8 Å². The van der Waals surface area contributed by atoms with Crippen molar-refractivity contribution in [3.63, 3.8) is 0 Å². The summed E-state index contributed by atoms with van der Waals surface area (Å²) in [5, 5.41) is 7.97. The number of benzene rings is 2. The van der Waals surface area contributed by atoms with Gasteiger partial charge in [-0.2, -0.15) is 0 Å². The van der Waals surface area contributed by atoms with Crippen molar-refractivity contribution < 1.29 is 18.8 Å². The van der Waals surface area contributed by atoms with Crippen molar-refractivity contribution in [1.82, 2.24) is 14.9 Å². The van der Waals surface area contributed by atoms with Gasteiger partial charge in [-0.3, -0.25) is 9.63 Å². The average Bonchev–Trinajstić information content (AvgIpc) is 3.47. The van der Waals surface area contributed by atoms with Crippen LogP contribution in [0.4, 0.5) is 33.1 Å². The number of aromatic nitrogens is 2. The van der Waals surface area contributed by atoms with Crippen LogP contribution in [0.2, 0.25) is 0 Å². The highest BCUT2D eigenvalue weighted by molar-refractivity contribution is 6.02. The fourth-order valence-electron chi connectivity index (χ4n) is 5.31. The number of anilines is 5. The predicted octanol–water partition coefficient (Wildman–Crippen LogP) is 4.83. The molecule has 0 saturated carbocycles. The number of rotatable bonds is 9. The lowest BCUT2D eigenvalue weighted by atomic mass is 10.0. The first-order valence-corrected chi connectivity index (χ1v) is 13.8. The topological polar surface area (TPSA) is 95.1 Å². The smallest absolute Gasteiger partial charge is 0.247 e. The number of piperazine rings is 1. The number of nitrogens with zero attached hydrogens (tertiary/aromatic N) is 5. The average molecular weight is 562 g/mol. The Morgan fingerprint density at radius 2 is 1.95 bits per heavy atom. The summed E-state index contributed by atoms with van der Waals surface area (Å²) in [6.07, 6.45) is 3.39. The number of ether oxygens (including phenoxy) is 1. The van der Waals surface area contributed by atoms with Gasteiger partial charge in [-0.15, -0.1) is 0 Å². The third-order valence-corrected chi connectivity index (χ3v) is 7.42. The molecule has 0 unspecified atom stereocenters. The Labute approximate surface area is 239 Å². The Balaban J connectivity index is 1.43. The second-order valence-corrected chi connectivity index (χ2v) is 10.1. The molecule has 1 aromatic heterocycles. The summed E-state index contributed by atoms with van der Waals surface area (Å²) in [4.78, 5) is 31.7. The minimum absolute atomic E-state index is 0.185. The SMILES string of the molecule is C=CC(=O)Nc1cc(Nc2cc(N3OCC[C@@H]3c3cc(C)cc(F)c3)ncn2)c(OC)cc1N1CCN(CC)CC1. The summed E-state index contributed by atoms with van der Waals surface area (Å²) in [5.41, 5.74) is 3.81. The van der Waals surface area contributed by atoms with Crippen LogP contribution in [0.3, 0.4) is 0 Å². The van der Waals surface area contributed by atoms with Crippen LogP contribution in [0.15, 0.2) is 55.4 Å². The maximum atomic E-state index is 14.2. The number of amides is 1. The molecule has 2 N–H and O–H groups in total. The van der Waals surface area contributed by atoms with Gasteiger partial charge in [0.2, 0.25) is 5.91 Å². The highest BCUT2D eigenvalue weighted by Crippen LogP contribution is 2.40. The lowest BCUT2D eigenvalue weighted by molar-refractivity contribution is -0.111.